The summed E-state index contributed by atoms with van der Waals surface area (Å²) in [4.78, 5) is 4.33. The summed E-state index contributed by atoms with van der Waals surface area (Å²) in [6.45, 7) is 0. The van der Waals surface area contributed by atoms with Crippen LogP contribution in [0.3, 0.4) is 0 Å². The van der Waals surface area contributed by atoms with E-state index in [1.54, 1.807) is 12.3 Å². The molecule has 0 aliphatic rings. The fourth-order valence-corrected chi connectivity index (χ4v) is 2.29. The molecule has 0 aliphatic heterocycles. The van der Waals surface area contributed by atoms with Crippen molar-refractivity contribution in [2.24, 2.45) is 0 Å². The second-order valence-corrected chi connectivity index (χ2v) is 4.81. The quantitative estimate of drug-likeness (QED) is 0.935. The minimum absolute atomic E-state index is 0.0734. The Morgan fingerprint density at radius 3 is 2.78 bits per heavy atom. The van der Waals surface area contributed by atoms with Crippen molar-refractivity contribution in [3.8, 4) is 0 Å². The molecule has 2 rings (SSSR count). The minimum Gasteiger partial charge on any atom is -0.311 e. The van der Waals surface area contributed by atoms with E-state index in [1.807, 2.05) is 31.3 Å². The molecule has 0 radical (unpaired) electrons. The van der Waals surface area contributed by atoms with Crippen molar-refractivity contribution in [2.45, 2.75) is 12.5 Å². The van der Waals surface area contributed by atoms with E-state index in [2.05, 4.69) is 26.2 Å². The smallest absolute Gasteiger partial charge is 0.137 e. The largest absolute Gasteiger partial charge is 0.311 e. The Labute approximate surface area is 114 Å². The van der Waals surface area contributed by atoms with Crippen molar-refractivity contribution < 1.29 is 4.39 Å². The molecule has 1 aromatic carbocycles. The zero-order valence-corrected chi connectivity index (χ0v) is 11.6. The van der Waals surface area contributed by atoms with Gasteiger partial charge in [0, 0.05) is 6.20 Å². The average molecular weight is 309 g/mol. The number of likely N-dealkylation sites (N-methyl/N-ethyl adjacent to an activating group) is 1. The molecule has 0 saturated carbocycles. The summed E-state index contributed by atoms with van der Waals surface area (Å²) in [5, 5.41) is 3.21. The normalized spacial score (nSPS) is 12.4. The van der Waals surface area contributed by atoms with Gasteiger partial charge in [-0.05, 0) is 53.2 Å². The molecule has 0 fully saturated rings. The number of nitrogens with one attached hydrogen (secondary N) is 1. The van der Waals surface area contributed by atoms with Crippen LogP contribution in [-0.4, -0.2) is 12.0 Å². The zero-order chi connectivity index (χ0) is 13.0. The van der Waals surface area contributed by atoms with E-state index < -0.39 is 0 Å². The van der Waals surface area contributed by atoms with E-state index in [0.717, 1.165) is 11.3 Å². The van der Waals surface area contributed by atoms with Crippen molar-refractivity contribution >= 4 is 15.9 Å². The molecule has 18 heavy (non-hydrogen) atoms. The molecule has 1 heterocycles. The average Bonchev–Trinajstić information content (AvgIpc) is 2.41. The van der Waals surface area contributed by atoms with Gasteiger partial charge in [0.25, 0.3) is 0 Å². The van der Waals surface area contributed by atoms with Crippen LogP contribution in [0, 0.1) is 5.82 Å². The Balaban J connectivity index is 2.24. The highest BCUT2D eigenvalue weighted by molar-refractivity contribution is 9.10. The van der Waals surface area contributed by atoms with Gasteiger partial charge < -0.3 is 5.32 Å². The molecule has 1 N–H and O–H groups in total. The Kier molecular flexibility index (Phi) is 4.44. The van der Waals surface area contributed by atoms with Crippen LogP contribution in [0.5, 0.6) is 0 Å². The standard InChI is InChI=1S/C14H14BrFN2/c1-17-13(12-7-2-3-8-18-12)9-10-5-4-6-11(16)14(10)15/h2-8,13,17H,9H2,1H3. The third-order valence-electron chi connectivity index (χ3n) is 2.85. The van der Waals surface area contributed by atoms with E-state index in [9.17, 15) is 4.39 Å². The van der Waals surface area contributed by atoms with Gasteiger partial charge in [-0.15, -0.1) is 0 Å². The summed E-state index contributed by atoms with van der Waals surface area (Å²) in [5.74, 6) is -0.233. The first-order valence-corrected chi connectivity index (χ1v) is 6.52. The molecule has 2 aromatic rings. The Hall–Kier alpha value is -1.26. The lowest BCUT2D eigenvalue weighted by Gasteiger charge is -2.16. The Morgan fingerprint density at radius 1 is 1.28 bits per heavy atom. The van der Waals surface area contributed by atoms with Crippen molar-refractivity contribution in [3.63, 3.8) is 0 Å². The molecule has 0 spiro atoms. The number of aromatic nitrogens is 1. The van der Waals surface area contributed by atoms with Gasteiger partial charge in [0.15, 0.2) is 0 Å². The number of halogens is 2. The predicted octanol–water partition coefficient (Wildman–Crippen LogP) is 3.49. The summed E-state index contributed by atoms with van der Waals surface area (Å²) in [7, 11) is 1.88. The number of nitrogens with zero attached hydrogens (tertiary/aromatic N) is 1. The fourth-order valence-electron chi connectivity index (χ4n) is 1.86. The number of hydrogen-bond acceptors (Lipinski definition) is 2. The molecule has 2 nitrogen and oxygen atoms in total. The van der Waals surface area contributed by atoms with E-state index >= 15 is 0 Å². The predicted molar refractivity (Wildman–Crippen MR) is 73.8 cm³/mol. The summed E-state index contributed by atoms with van der Waals surface area (Å²) < 4.78 is 14.0. The zero-order valence-electron chi connectivity index (χ0n) is 10.0. The van der Waals surface area contributed by atoms with E-state index in [4.69, 9.17) is 0 Å². The molecule has 0 aliphatic carbocycles. The van der Waals surface area contributed by atoms with E-state index in [-0.39, 0.29) is 11.9 Å². The van der Waals surface area contributed by atoms with Crippen LogP contribution in [0.25, 0.3) is 0 Å². The first-order chi connectivity index (χ1) is 8.72. The second kappa shape index (κ2) is 6.07. The third-order valence-corrected chi connectivity index (χ3v) is 3.74. The molecular formula is C14H14BrFN2. The highest BCUT2D eigenvalue weighted by Gasteiger charge is 2.14. The van der Waals surface area contributed by atoms with Crippen LogP contribution in [-0.2, 0) is 6.42 Å². The van der Waals surface area contributed by atoms with Crippen LogP contribution >= 0.6 is 15.9 Å². The lowest BCUT2D eigenvalue weighted by Crippen LogP contribution is -2.20. The highest BCUT2D eigenvalue weighted by atomic mass is 79.9. The number of pyridine rings is 1. The van der Waals surface area contributed by atoms with Crippen LogP contribution in [0.4, 0.5) is 4.39 Å². The first kappa shape index (κ1) is 13.2. The maximum absolute atomic E-state index is 13.5. The molecule has 4 heteroatoms. The van der Waals surface area contributed by atoms with Gasteiger partial charge in [-0.1, -0.05) is 18.2 Å². The summed E-state index contributed by atoms with van der Waals surface area (Å²) >= 11 is 3.29. The van der Waals surface area contributed by atoms with E-state index in [1.165, 1.54) is 6.07 Å². The van der Waals surface area contributed by atoms with Gasteiger partial charge in [-0.2, -0.15) is 0 Å². The van der Waals surface area contributed by atoms with Gasteiger partial charge in [0.2, 0.25) is 0 Å². The van der Waals surface area contributed by atoms with Gasteiger partial charge in [-0.25, -0.2) is 4.39 Å². The molecule has 0 saturated heterocycles. The van der Waals surface area contributed by atoms with Crippen molar-refractivity contribution in [1.82, 2.24) is 10.3 Å². The van der Waals surface area contributed by atoms with Crippen LogP contribution in [0.2, 0.25) is 0 Å². The van der Waals surface area contributed by atoms with Gasteiger partial charge in [-0.3, -0.25) is 4.98 Å². The van der Waals surface area contributed by atoms with Gasteiger partial charge in [0.05, 0.1) is 16.2 Å². The number of rotatable bonds is 4. The molecule has 0 bridgehead atoms. The summed E-state index contributed by atoms with van der Waals surface area (Å²) in [6.07, 6.45) is 2.45. The third kappa shape index (κ3) is 2.94. The molecule has 0 amide bonds. The second-order valence-electron chi connectivity index (χ2n) is 4.01. The number of benzene rings is 1. The summed E-state index contributed by atoms with van der Waals surface area (Å²) in [5.41, 5.74) is 1.89. The van der Waals surface area contributed by atoms with E-state index in [0.29, 0.717) is 10.9 Å². The van der Waals surface area contributed by atoms with Crippen LogP contribution in [0.15, 0.2) is 47.1 Å². The number of hydrogen-bond donors (Lipinski definition) is 1. The maximum atomic E-state index is 13.5. The first-order valence-electron chi connectivity index (χ1n) is 5.73. The molecule has 1 atom stereocenters. The molecule has 94 valence electrons. The minimum atomic E-state index is -0.233. The SMILES string of the molecule is CNC(Cc1cccc(F)c1Br)c1ccccn1. The molecule has 1 unspecified atom stereocenters. The van der Waals surface area contributed by atoms with Crippen LogP contribution in [0.1, 0.15) is 17.3 Å². The monoisotopic (exact) mass is 308 g/mol. The maximum Gasteiger partial charge on any atom is 0.137 e. The van der Waals surface area contributed by atoms with Gasteiger partial charge >= 0.3 is 0 Å². The lowest BCUT2D eigenvalue weighted by atomic mass is 10.0. The summed E-state index contributed by atoms with van der Waals surface area (Å²) in [6, 6.07) is 11.0. The van der Waals surface area contributed by atoms with Crippen molar-refractivity contribution in [3.05, 3.63) is 64.1 Å². The highest BCUT2D eigenvalue weighted by Crippen LogP contribution is 2.25. The fraction of sp³-hybridized carbons (Fsp3) is 0.214. The van der Waals surface area contributed by atoms with Crippen LogP contribution < -0.4 is 5.32 Å². The topological polar surface area (TPSA) is 24.9 Å². The molecular weight excluding hydrogens is 295 g/mol. The Morgan fingerprint density at radius 2 is 2.11 bits per heavy atom. The Bertz CT molecular complexity index is 516. The molecule has 1 aromatic heterocycles. The van der Waals surface area contributed by atoms with Crippen molar-refractivity contribution in [1.29, 1.82) is 0 Å². The van der Waals surface area contributed by atoms with Crippen molar-refractivity contribution in [2.75, 3.05) is 7.05 Å². The lowest BCUT2D eigenvalue weighted by molar-refractivity contribution is 0.567. The van der Waals surface area contributed by atoms with Gasteiger partial charge in [0.1, 0.15) is 5.82 Å².